The van der Waals surface area contributed by atoms with Crippen molar-refractivity contribution in [2.24, 2.45) is 0 Å². The Balaban J connectivity index is 0.00000200. The van der Waals surface area contributed by atoms with E-state index in [1.165, 1.54) is 27.8 Å². The second-order valence-electron chi connectivity index (χ2n) is 5.08. The lowest BCUT2D eigenvalue weighted by Gasteiger charge is -2.15. The van der Waals surface area contributed by atoms with Crippen molar-refractivity contribution in [3.8, 4) is 0 Å². The molecule has 2 aromatic carbocycles. The maximum absolute atomic E-state index is 5.75. The first-order valence-corrected chi connectivity index (χ1v) is 6.65. The quantitative estimate of drug-likeness (QED) is 0.789. The monoisotopic (exact) mass is 287 g/mol. The summed E-state index contributed by atoms with van der Waals surface area (Å²) in [6.07, 6.45) is 0. The summed E-state index contributed by atoms with van der Waals surface area (Å²) in [6, 6.07) is 12.4. The predicted octanol–water partition coefficient (Wildman–Crippen LogP) is 1.73. The Hall–Kier alpha value is -1.62. The van der Waals surface area contributed by atoms with E-state index >= 15 is 0 Å². The van der Waals surface area contributed by atoms with Gasteiger partial charge < -0.3 is 15.6 Å². The molecular weight excluding hydrogens is 263 g/mol. The highest BCUT2D eigenvalue weighted by atomic mass is 16.4. The first-order valence-electron chi connectivity index (χ1n) is 6.65. The van der Waals surface area contributed by atoms with E-state index in [4.69, 9.17) is 4.65 Å². The average Bonchev–Trinajstić information content (AvgIpc) is 2.42. The lowest BCUT2D eigenvalue weighted by Crippen LogP contribution is -2.17. The van der Waals surface area contributed by atoms with Crippen molar-refractivity contribution < 1.29 is 15.6 Å². The summed E-state index contributed by atoms with van der Waals surface area (Å²) in [5.74, 6) is 0. The SMILES string of the molecule is Cc1cc(C)c(C)c(CO[B]c2ccccc2)c1C.O.O. The Kier molecular flexibility index (Phi) is 7.96. The third-order valence-corrected chi connectivity index (χ3v) is 3.77. The Labute approximate surface area is 127 Å². The van der Waals surface area contributed by atoms with E-state index in [1.54, 1.807) is 0 Å². The first-order chi connectivity index (χ1) is 9.09. The summed E-state index contributed by atoms with van der Waals surface area (Å²) in [5.41, 5.74) is 7.75. The highest BCUT2D eigenvalue weighted by molar-refractivity contribution is 6.46. The van der Waals surface area contributed by atoms with Crippen LogP contribution in [0.15, 0.2) is 36.4 Å². The van der Waals surface area contributed by atoms with Crippen molar-refractivity contribution in [2.75, 3.05) is 0 Å². The minimum Gasteiger partial charge on any atom is -0.430 e. The fraction of sp³-hybridized carbons (Fsp3) is 0.294. The van der Waals surface area contributed by atoms with Gasteiger partial charge in [0.1, 0.15) is 0 Å². The topological polar surface area (TPSA) is 72.2 Å². The zero-order valence-electron chi connectivity index (χ0n) is 13.2. The summed E-state index contributed by atoms with van der Waals surface area (Å²) in [6.45, 7) is 9.29. The van der Waals surface area contributed by atoms with E-state index in [0.717, 1.165) is 5.46 Å². The lowest BCUT2D eigenvalue weighted by atomic mass is 9.88. The first kappa shape index (κ1) is 19.4. The van der Waals surface area contributed by atoms with Crippen molar-refractivity contribution in [3.05, 3.63) is 64.2 Å². The summed E-state index contributed by atoms with van der Waals surface area (Å²) < 4.78 is 5.75. The van der Waals surface area contributed by atoms with Crippen molar-refractivity contribution in [3.63, 3.8) is 0 Å². The Morgan fingerprint density at radius 3 is 1.90 bits per heavy atom. The minimum absolute atomic E-state index is 0. The molecule has 1 radical (unpaired) electrons. The fourth-order valence-corrected chi connectivity index (χ4v) is 2.27. The second-order valence-corrected chi connectivity index (χ2v) is 5.08. The van der Waals surface area contributed by atoms with Crippen LogP contribution in [0.25, 0.3) is 0 Å². The number of hydrogen-bond donors (Lipinski definition) is 0. The van der Waals surface area contributed by atoms with E-state index in [9.17, 15) is 0 Å². The zero-order chi connectivity index (χ0) is 13.8. The molecule has 0 aliphatic rings. The third kappa shape index (κ3) is 4.71. The second kappa shape index (κ2) is 8.62. The molecule has 0 aliphatic carbocycles. The van der Waals surface area contributed by atoms with Crippen molar-refractivity contribution in [1.29, 1.82) is 0 Å². The van der Waals surface area contributed by atoms with Gasteiger partial charge in [0.25, 0.3) is 0 Å². The molecule has 2 aromatic rings. The van der Waals surface area contributed by atoms with Crippen LogP contribution in [0.1, 0.15) is 27.8 Å². The Morgan fingerprint density at radius 1 is 0.857 bits per heavy atom. The summed E-state index contributed by atoms with van der Waals surface area (Å²) >= 11 is 0. The van der Waals surface area contributed by atoms with Gasteiger partial charge in [-0.05, 0) is 55.5 Å². The highest BCUT2D eigenvalue weighted by Gasteiger charge is 2.08. The average molecular weight is 287 g/mol. The van der Waals surface area contributed by atoms with E-state index in [-0.39, 0.29) is 11.0 Å². The Bertz CT molecular complexity index is 542. The number of rotatable bonds is 4. The van der Waals surface area contributed by atoms with Crippen LogP contribution in [0.4, 0.5) is 0 Å². The van der Waals surface area contributed by atoms with Crippen LogP contribution in [0.3, 0.4) is 0 Å². The molecule has 21 heavy (non-hydrogen) atoms. The molecular formula is C17H24BO3. The van der Waals surface area contributed by atoms with Gasteiger partial charge in [0.15, 0.2) is 0 Å². The third-order valence-electron chi connectivity index (χ3n) is 3.77. The molecule has 0 aromatic heterocycles. The van der Waals surface area contributed by atoms with Gasteiger partial charge in [0.2, 0.25) is 0 Å². The molecule has 0 amide bonds. The maximum atomic E-state index is 5.75. The smallest absolute Gasteiger partial charge is 0.330 e. The number of aryl methyl sites for hydroxylation is 2. The molecule has 0 saturated carbocycles. The van der Waals surface area contributed by atoms with E-state index in [0.29, 0.717) is 6.61 Å². The van der Waals surface area contributed by atoms with Crippen LogP contribution in [0.5, 0.6) is 0 Å². The van der Waals surface area contributed by atoms with E-state index in [1.807, 2.05) is 37.8 Å². The van der Waals surface area contributed by atoms with Crippen LogP contribution in [0, 0.1) is 27.7 Å². The molecule has 4 N–H and O–H groups in total. The van der Waals surface area contributed by atoms with Crippen LogP contribution in [-0.2, 0) is 11.3 Å². The molecule has 0 saturated heterocycles. The van der Waals surface area contributed by atoms with Crippen LogP contribution >= 0.6 is 0 Å². The summed E-state index contributed by atoms with van der Waals surface area (Å²) in [4.78, 5) is 0. The van der Waals surface area contributed by atoms with Crippen LogP contribution in [-0.4, -0.2) is 18.4 Å². The largest absolute Gasteiger partial charge is 0.430 e. The number of hydrogen-bond acceptors (Lipinski definition) is 1. The highest BCUT2D eigenvalue weighted by Crippen LogP contribution is 2.22. The van der Waals surface area contributed by atoms with E-state index in [2.05, 4.69) is 33.8 Å². The fourth-order valence-electron chi connectivity index (χ4n) is 2.27. The molecule has 3 nitrogen and oxygen atoms in total. The molecule has 113 valence electrons. The van der Waals surface area contributed by atoms with Gasteiger partial charge in [-0.15, -0.1) is 0 Å². The lowest BCUT2D eigenvalue weighted by molar-refractivity contribution is 0.328. The summed E-state index contributed by atoms with van der Waals surface area (Å²) in [5, 5.41) is 0. The number of benzene rings is 2. The van der Waals surface area contributed by atoms with Gasteiger partial charge in [-0.1, -0.05) is 41.9 Å². The molecule has 0 atom stereocenters. The molecule has 0 fully saturated rings. The van der Waals surface area contributed by atoms with Gasteiger partial charge >= 0.3 is 7.48 Å². The van der Waals surface area contributed by atoms with E-state index < -0.39 is 0 Å². The van der Waals surface area contributed by atoms with Crippen molar-refractivity contribution in [1.82, 2.24) is 0 Å². The van der Waals surface area contributed by atoms with Crippen LogP contribution < -0.4 is 5.46 Å². The molecule has 2 rings (SSSR count). The standard InChI is InChI=1S/C17H20BO.2H2O/c1-12-10-13(2)15(4)17(14(12)3)11-19-18-16-8-6-5-7-9-16;;/h5-10H,11H2,1-4H3;2*1H2. The molecule has 0 heterocycles. The maximum Gasteiger partial charge on any atom is 0.330 e. The van der Waals surface area contributed by atoms with Crippen molar-refractivity contribution >= 4 is 12.9 Å². The molecule has 4 heteroatoms. The van der Waals surface area contributed by atoms with Gasteiger partial charge in [-0.2, -0.15) is 0 Å². The minimum atomic E-state index is 0. The predicted molar refractivity (Wildman–Crippen MR) is 89.2 cm³/mol. The molecule has 0 aliphatic heterocycles. The van der Waals surface area contributed by atoms with Gasteiger partial charge in [-0.25, -0.2) is 0 Å². The molecule has 0 spiro atoms. The van der Waals surface area contributed by atoms with Crippen molar-refractivity contribution in [2.45, 2.75) is 34.3 Å². The summed E-state index contributed by atoms with van der Waals surface area (Å²) in [7, 11) is 1.83. The normalized spacial score (nSPS) is 9.52. The molecule has 0 unspecified atom stereocenters. The zero-order valence-corrected chi connectivity index (χ0v) is 13.2. The van der Waals surface area contributed by atoms with Crippen LogP contribution in [0.2, 0.25) is 0 Å². The molecule has 0 bridgehead atoms. The van der Waals surface area contributed by atoms with Gasteiger partial charge in [-0.3, -0.25) is 0 Å². The van der Waals surface area contributed by atoms with Gasteiger partial charge in [0, 0.05) is 0 Å². The van der Waals surface area contributed by atoms with Gasteiger partial charge in [0.05, 0.1) is 6.61 Å². The Morgan fingerprint density at radius 2 is 1.38 bits per heavy atom.